The van der Waals surface area contributed by atoms with E-state index in [9.17, 15) is 47.0 Å². The fourth-order valence-electron chi connectivity index (χ4n) is 4.93. The molecule has 0 saturated carbocycles. The van der Waals surface area contributed by atoms with Crippen LogP contribution in [-0.4, -0.2) is 109 Å². The number of halogens is 5. The van der Waals surface area contributed by atoms with E-state index >= 15 is 0 Å². The molecule has 3 amide bonds. The van der Waals surface area contributed by atoms with Gasteiger partial charge >= 0.3 is 19.2 Å². The van der Waals surface area contributed by atoms with Crippen LogP contribution >= 0.6 is 22.6 Å². The van der Waals surface area contributed by atoms with Crippen LogP contribution in [0.3, 0.4) is 0 Å². The number of nitrogens with one attached hydrogen (secondary N) is 3. The second-order valence-corrected chi connectivity index (χ2v) is 14.1. The maximum Gasteiger partial charge on any atom is 0.387 e. The lowest BCUT2D eigenvalue weighted by atomic mass is 10.1. The molecule has 0 bridgehead atoms. The van der Waals surface area contributed by atoms with Gasteiger partial charge in [0.15, 0.2) is 24.4 Å². The molecule has 316 valence electrons. The SMILES string of the molecule is CC(C)(C)OC(=O)[C@H](O)[C@H]1OCCNC1=O.FC(F)Oc1ccccc1I.N=C(N)c1ccc(NC(=O)[C@H](O)[C@H]2OCCN(c3ccccc3OC(F)F)C2=O)cc1. The Hall–Kier alpha value is -5.10. The average Bonchev–Trinajstić information content (AvgIpc) is 3.15. The van der Waals surface area contributed by atoms with Crippen molar-refractivity contribution in [1.82, 2.24) is 5.32 Å². The number of amidine groups is 1. The Labute approximate surface area is 343 Å². The Morgan fingerprint density at radius 3 is 2.03 bits per heavy atom. The number of hydrogen-bond acceptors (Lipinski definition) is 12. The Balaban J connectivity index is 0.000000276. The van der Waals surface area contributed by atoms with Gasteiger partial charge in [0, 0.05) is 24.3 Å². The number of aliphatic hydroxyl groups excluding tert-OH is 2. The van der Waals surface area contributed by atoms with Gasteiger partial charge in [0.05, 0.1) is 22.5 Å². The lowest BCUT2D eigenvalue weighted by molar-refractivity contribution is -0.178. The summed E-state index contributed by atoms with van der Waals surface area (Å²) >= 11 is 1.94. The highest BCUT2D eigenvalue weighted by atomic mass is 127. The summed E-state index contributed by atoms with van der Waals surface area (Å²) in [7, 11) is 0. The number of carbonyl (C=O) groups is 4. The number of nitrogen functional groups attached to an aromatic ring is 1. The highest BCUT2D eigenvalue weighted by molar-refractivity contribution is 14.1. The van der Waals surface area contributed by atoms with Gasteiger partial charge < -0.3 is 55.2 Å². The van der Waals surface area contributed by atoms with Gasteiger partial charge in [0.1, 0.15) is 22.9 Å². The summed E-state index contributed by atoms with van der Waals surface area (Å²) in [6.45, 7) is -0.133. The van der Waals surface area contributed by atoms with Gasteiger partial charge in [-0.15, -0.1) is 0 Å². The van der Waals surface area contributed by atoms with Crippen LogP contribution in [0.1, 0.15) is 26.3 Å². The monoisotopic (exact) mass is 935 g/mol. The van der Waals surface area contributed by atoms with Crippen LogP contribution in [0.4, 0.5) is 28.9 Å². The summed E-state index contributed by atoms with van der Waals surface area (Å²) in [6, 6.07) is 18.3. The maximum atomic E-state index is 12.9. The first-order chi connectivity index (χ1) is 27.3. The molecule has 2 aliphatic heterocycles. The lowest BCUT2D eigenvalue weighted by Gasteiger charge is -2.34. The van der Waals surface area contributed by atoms with Crippen LogP contribution in [0.25, 0.3) is 0 Å². The minimum Gasteiger partial charge on any atom is -0.458 e. The largest absolute Gasteiger partial charge is 0.458 e. The van der Waals surface area contributed by atoms with Crippen molar-refractivity contribution in [2.75, 3.05) is 36.5 Å². The van der Waals surface area contributed by atoms with Crippen LogP contribution in [0.15, 0.2) is 72.8 Å². The smallest absolute Gasteiger partial charge is 0.387 e. The number of carbonyl (C=O) groups excluding carboxylic acids is 4. The number of rotatable bonds is 11. The number of nitrogens with two attached hydrogens (primary N) is 1. The zero-order valence-corrected chi connectivity index (χ0v) is 33.4. The lowest BCUT2D eigenvalue weighted by Crippen LogP contribution is -2.55. The van der Waals surface area contributed by atoms with Crippen molar-refractivity contribution in [2.45, 2.75) is 64.0 Å². The molecule has 0 unspecified atom stereocenters. The summed E-state index contributed by atoms with van der Waals surface area (Å²) in [5.41, 5.74) is 5.50. The van der Waals surface area contributed by atoms with Crippen LogP contribution < -0.4 is 30.7 Å². The quantitative estimate of drug-likeness (QED) is 0.0535. The average molecular weight is 936 g/mol. The topological polar surface area (TPSA) is 232 Å². The van der Waals surface area contributed by atoms with E-state index in [0.29, 0.717) is 21.4 Å². The number of nitrogens with zero attached hydrogens (tertiary/aromatic N) is 1. The first-order valence-electron chi connectivity index (χ1n) is 17.2. The second-order valence-electron chi connectivity index (χ2n) is 12.9. The predicted octanol–water partition coefficient (Wildman–Crippen LogP) is 3.40. The number of hydrogen-bond donors (Lipinski definition) is 6. The number of anilines is 2. The highest BCUT2D eigenvalue weighted by Crippen LogP contribution is 2.32. The minimum atomic E-state index is -3.08. The van der Waals surface area contributed by atoms with Gasteiger partial charge in [0.2, 0.25) is 0 Å². The van der Waals surface area contributed by atoms with E-state index in [1.165, 1.54) is 48.5 Å². The van der Waals surface area contributed by atoms with Crippen LogP contribution in [0.2, 0.25) is 0 Å². The van der Waals surface area contributed by atoms with Crippen molar-refractivity contribution in [3.63, 3.8) is 0 Å². The Kier molecular flexibility index (Phi) is 18.1. The Morgan fingerprint density at radius 1 is 0.897 bits per heavy atom. The molecule has 3 aromatic carbocycles. The van der Waals surface area contributed by atoms with Gasteiger partial charge in [-0.3, -0.25) is 19.8 Å². The first-order valence-corrected chi connectivity index (χ1v) is 18.3. The molecule has 0 radical (unpaired) electrons. The molecule has 2 heterocycles. The Morgan fingerprint density at radius 2 is 1.47 bits per heavy atom. The van der Waals surface area contributed by atoms with Crippen molar-refractivity contribution in [3.05, 3.63) is 81.9 Å². The van der Waals surface area contributed by atoms with Crippen LogP contribution in [0.5, 0.6) is 11.5 Å². The molecule has 0 spiro atoms. The van der Waals surface area contributed by atoms with Crippen molar-refractivity contribution >= 4 is 63.5 Å². The van der Waals surface area contributed by atoms with Crippen molar-refractivity contribution < 1.29 is 70.6 Å². The fourth-order valence-corrected chi connectivity index (χ4v) is 5.44. The fraction of sp³-hybridized carbons (Fsp3) is 0.378. The van der Waals surface area contributed by atoms with Crippen molar-refractivity contribution in [3.8, 4) is 11.5 Å². The molecule has 2 fully saturated rings. The highest BCUT2D eigenvalue weighted by Gasteiger charge is 2.40. The van der Waals surface area contributed by atoms with E-state index in [1.807, 2.05) is 22.6 Å². The number of para-hydroxylation sites is 3. The van der Waals surface area contributed by atoms with E-state index in [0.717, 1.165) is 4.90 Å². The van der Waals surface area contributed by atoms with Crippen molar-refractivity contribution in [2.24, 2.45) is 5.73 Å². The van der Waals surface area contributed by atoms with E-state index in [4.69, 9.17) is 25.4 Å². The van der Waals surface area contributed by atoms with Gasteiger partial charge in [-0.1, -0.05) is 24.3 Å². The predicted molar refractivity (Wildman–Crippen MR) is 208 cm³/mol. The summed E-state index contributed by atoms with van der Waals surface area (Å²) in [4.78, 5) is 49.2. The third kappa shape index (κ3) is 14.7. The molecule has 7 N–H and O–H groups in total. The van der Waals surface area contributed by atoms with Gasteiger partial charge in [-0.2, -0.15) is 17.6 Å². The van der Waals surface area contributed by atoms with Gasteiger partial charge in [0.25, 0.3) is 17.7 Å². The third-order valence-electron chi connectivity index (χ3n) is 7.46. The third-order valence-corrected chi connectivity index (χ3v) is 8.35. The van der Waals surface area contributed by atoms with E-state index in [1.54, 1.807) is 45.0 Å². The van der Waals surface area contributed by atoms with Gasteiger partial charge in [-0.25, -0.2) is 4.79 Å². The number of alkyl halides is 4. The number of aliphatic hydroxyl groups is 2. The maximum absolute atomic E-state index is 12.9. The molecule has 21 heteroatoms. The molecule has 16 nitrogen and oxygen atoms in total. The number of benzene rings is 3. The van der Waals surface area contributed by atoms with Crippen molar-refractivity contribution in [1.29, 1.82) is 5.41 Å². The van der Waals surface area contributed by atoms with Crippen LogP contribution in [0, 0.1) is 8.98 Å². The van der Waals surface area contributed by atoms with E-state index in [2.05, 4.69) is 20.1 Å². The molecule has 2 saturated heterocycles. The zero-order valence-electron chi connectivity index (χ0n) is 31.2. The first kappa shape index (κ1) is 47.3. The molecule has 58 heavy (non-hydrogen) atoms. The second kappa shape index (κ2) is 22.2. The number of ether oxygens (including phenoxy) is 5. The summed E-state index contributed by atoms with van der Waals surface area (Å²) in [5.74, 6) is -3.15. The standard InChI is InChI=1S/C20H20F2N4O5.C10H17NO5.C7H5F2IO/c21-20(22)31-14-4-2-1-3-13(14)26-9-10-30-16(19(26)29)15(27)18(28)25-12-7-5-11(6-8-12)17(23)24;1-10(2,3)16-9(14)6(12)7-8(13)11-4-5-15-7;8-7(9)11-6-4-2-1-3-5(6)10/h1-8,15-16,20,27H,9-10H2,(H3,23,24)(H,25,28);6-7,12H,4-5H2,1-3H3,(H,11,13);1-4,7H/t15-,16-;6-,7-;/m11./s1. The zero-order chi connectivity index (χ0) is 43.2. The summed E-state index contributed by atoms with van der Waals surface area (Å²) < 4.78 is 73.4. The summed E-state index contributed by atoms with van der Waals surface area (Å²) in [6.07, 6.45) is -6.15. The minimum absolute atomic E-state index is 0.0276. The Bertz CT molecular complexity index is 1870. The van der Waals surface area contributed by atoms with E-state index < -0.39 is 66.9 Å². The molecular formula is C37H42F4IN5O11. The molecule has 0 aromatic heterocycles. The summed E-state index contributed by atoms with van der Waals surface area (Å²) in [5, 5.41) is 32.3. The van der Waals surface area contributed by atoms with Crippen LogP contribution in [-0.2, 0) is 33.4 Å². The molecule has 5 rings (SSSR count). The normalized spacial score (nSPS) is 17.7. The molecule has 3 aromatic rings. The number of amides is 3. The number of esters is 1. The van der Waals surface area contributed by atoms with Gasteiger partial charge in [-0.05, 0) is 91.9 Å². The van der Waals surface area contributed by atoms with E-state index in [-0.39, 0.29) is 42.8 Å². The molecular weight excluding hydrogens is 893 g/mol. The molecule has 4 atom stereocenters. The number of morpholine rings is 2. The molecule has 2 aliphatic rings. The molecule has 0 aliphatic carbocycles.